The highest BCUT2D eigenvalue weighted by atomic mass is 16.3. The minimum Gasteiger partial charge on any atom is -0.395 e. The quantitative estimate of drug-likeness (QED) is 0.514. The normalized spacial score (nSPS) is 19.5. The van der Waals surface area contributed by atoms with Crippen molar-refractivity contribution in [1.29, 1.82) is 0 Å². The third kappa shape index (κ3) is 5.02. The first-order valence-electron chi connectivity index (χ1n) is 11.5. The van der Waals surface area contributed by atoms with Gasteiger partial charge in [-0.1, -0.05) is 78.9 Å². The van der Waals surface area contributed by atoms with Gasteiger partial charge in [-0.15, -0.1) is 0 Å². The molecular formula is C29H33NO2. The van der Waals surface area contributed by atoms with Crippen LogP contribution in [0.3, 0.4) is 0 Å². The van der Waals surface area contributed by atoms with Gasteiger partial charge in [-0.05, 0) is 72.2 Å². The molecule has 2 N–H and O–H groups in total. The van der Waals surface area contributed by atoms with E-state index in [0.717, 1.165) is 25.9 Å². The van der Waals surface area contributed by atoms with Crippen LogP contribution in [0.1, 0.15) is 40.7 Å². The van der Waals surface area contributed by atoms with Crippen LogP contribution >= 0.6 is 0 Å². The maximum Gasteiger partial charge on any atom is 0.0718 e. The lowest BCUT2D eigenvalue weighted by Crippen LogP contribution is -2.49. The van der Waals surface area contributed by atoms with E-state index in [9.17, 15) is 10.2 Å². The molecule has 3 aromatic carbocycles. The van der Waals surface area contributed by atoms with Crippen molar-refractivity contribution in [2.75, 3.05) is 13.2 Å². The Kier molecular flexibility index (Phi) is 7.21. The van der Waals surface area contributed by atoms with Crippen LogP contribution in [-0.2, 0) is 6.54 Å². The van der Waals surface area contributed by atoms with Gasteiger partial charge in [0, 0.05) is 6.54 Å². The van der Waals surface area contributed by atoms with Crippen molar-refractivity contribution in [1.82, 2.24) is 4.90 Å². The number of hydrogen-bond donors (Lipinski definition) is 2. The molecule has 0 bridgehead atoms. The molecular weight excluding hydrogens is 394 g/mol. The van der Waals surface area contributed by atoms with Gasteiger partial charge < -0.3 is 10.2 Å². The van der Waals surface area contributed by atoms with E-state index in [1.807, 2.05) is 6.07 Å². The highest BCUT2D eigenvalue weighted by Gasteiger charge is 2.29. The molecule has 3 nitrogen and oxygen atoms in total. The van der Waals surface area contributed by atoms with Gasteiger partial charge >= 0.3 is 0 Å². The third-order valence-electron chi connectivity index (χ3n) is 6.67. The topological polar surface area (TPSA) is 43.7 Å². The van der Waals surface area contributed by atoms with Crippen molar-refractivity contribution in [3.8, 4) is 11.1 Å². The second-order valence-electron chi connectivity index (χ2n) is 8.84. The SMILES string of the molecule is Cc1cc(CN2CCCC(O)C2CO)ccc1C=Cc1cccc(-c2ccccc2)c1C. The standard InChI is InChI=1S/C29H33NO2/c1-21-18-23(19-30-17-7-12-29(32)28(30)20-31)13-14-24(21)15-16-25-10-6-11-27(22(25)2)26-8-4-3-5-9-26/h3-6,8-11,13-16,18,28-29,31-32H,7,12,17,19-20H2,1-2H3. The molecule has 1 saturated heterocycles. The van der Waals surface area contributed by atoms with Crippen molar-refractivity contribution in [3.05, 3.63) is 94.5 Å². The van der Waals surface area contributed by atoms with Crippen molar-refractivity contribution >= 4 is 12.2 Å². The minimum absolute atomic E-state index is 0.00235. The number of aliphatic hydroxyl groups excluding tert-OH is 2. The Morgan fingerprint density at radius 3 is 2.47 bits per heavy atom. The Balaban J connectivity index is 1.51. The van der Waals surface area contributed by atoms with Crippen molar-refractivity contribution in [2.45, 2.75) is 45.4 Å². The van der Waals surface area contributed by atoms with E-state index < -0.39 is 6.10 Å². The molecule has 4 rings (SSSR count). The van der Waals surface area contributed by atoms with Gasteiger partial charge in [-0.2, -0.15) is 0 Å². The van der Waals surface area contributed by atoms with E-state index in [4.69, 9.17) is 0 Å². The van der Waals surface area contributed by atoms with Gasteiger partial charge in [0.1, 0.15) is 0 Å². The number of piperidine rings is 1. The van der Waals surface area contributed by atoms with Gasteiger partial charge in [-0.25, -0.2) is 0 Å². The first-order chi connectivity index (χ1) is 15.6. The maximum absolute atomic E-state index is 10.2. The second kappa shape index (κ2) is 10.3. The fraction of sp³-hybridized carbons (Fsp3) is 0.310. The van der Waals surface area contributed by atoms with E-state index in [-0.39, 0.29) is 12.6 Å². The van der Waals surface area contributed by atoms with Gasteiger partial charge in [0.15, 0.2) is 0 Å². The van der Waals surface area contributed by atoms with E-state index >= 15 is 0 Å². The number of aryl methyl sites for hydroxylation is 1. The monoisotopic (exact) mass is 427 g/mol. The fourth-order valence-corrected chi connectivity index (χ4v) is 4.74. The summed E-state index contributed by atoms with van der Waals surface area (Å²) < 4.78 is 0. The Morgan fingerprint density at radius 2 is 1.72 bits per heavy atom. The van der Waals surface area contributed by atoms with Crippen LogP contribution in [0.5, 0.6) is 0 Å². The lowest BCUT2D eigenvalue weighted by Gasteiger charge is -2.38. The molecule has 32 heavy (non-hydrogen) atoms. The van der Waals surface area contributed by atoms with Crippen LogP contribution in [-0.4, -0.2) is 40.4 Å². The predicted molar refractivity (Wildman–Crippen MR) is 133 cm³/mol. The average Bonchev–Trinajstić information content (AvgIpc) is 2.80. The van der Waals surface area contributed by atoms with Crippen LogP contribution in [0.2, 0.25) is 0 Å². The van der Waals surface area contributed by atoms with E-state index in [2.05, 4.69) is 91.6 Å². The fourth-order valence-electron chi connectivity index (χ4n) is 4.74. The van der Waals surface area contributed by atoms with Crippen LogP contribution in [0.15, 0.2) is 66.7 Å². The Labute approximate surface area is 191 Å². The van der Waals surface area contributed by atoms with Crippen LogP contribution in [0.4, 0.5) is 0 Å². The summed E-state index contributed by atoms with van der Waals surface area (Å²) in [6.45, 7) is 6.00. The minimum atomic E-state index is -0.438. The molecule has 0 spiro atoms. The highest BCUT2D eigenvalue weighted by Crippen LogP contribution is 2.27. The van der Waals surface area contributed by atoms with Crippen LogP contribution in [0.25, 0.3) is 23.3 Å². The predicted octanol–water partition coefficient (Wildman–Crippen LogP) is 5.46. The first kappa shape index (κ1) is 22.5. The summed E-state index contributed by atoms with van der Waals surface area (Å²) in [5.41, 5.74) is 8.66. The summed E-state index contributed by atoms with van der Waals surface area (Å²) in [4.78, 5) is 2.21. The zero-order valence-electron chi connectivity index (χ0n) is 19.0. The molecule has 0 radical (unpaired) electrons. The average molecular weight is 428 g/mol. The number of nitrogens with zero attached hydrogens (tertiary/aromatic N) is 1. The summed E-state index contributed by atoms with van der Waals surface area (Å²) in [6, 6.07) is 23.4. The van der Waals surface area contributed by atoms with Crippen LogP contribution < -0.4 is 0 Å². The molecule has 3 aromatic rings. The lowest BCUT2D eigenvalue weighted by atomic mass is 9.95. The molecule has 1 fully saturated rings. The smallest absolute Gasteiger partial charge is 0.0718 e. The summed E-state index contributed by atoms with van der Waals surface area (Å²) in [7, 11) is 0. The van der Waals surface area contributed by atoms with E-state index in [1.165, 1.54) is 38.9 Å². The largest absolute Gasteiger partial charge is 0.395 e. The van der Waals surface area contributed by atoms with Gasteiger partial charge in [0.05, 0.1) is 18.8 Å². The van der Waals surface area contributed by atoms with E-state index in [0.29, 0.717) is 0 Å². The number of likely N-dealkylation sites (tertiary alicyclic amines) is 1. The summed E-state index contributed by atoms with van der Waals surface area (Å²) in [5, 5.41) is 19.9. The van der Waals surface area contributed by atoms with E-state index in [1.54, 1.807) is 0 Å². The summed E-state index contributed by atoms with van der Waals surface area (Å²) >= 11 is 0. The maximum atomic E-state index is 10.2. The van der Waals surface area contributed by atoms with Crippen molar-refractivity contribution in [3.63, 3.8) is 0 Å². The molecule has 166 valence electrons. The molecule has 1 heterocycles. The molecule has 2 atom stereocenters. The Hall–Kier alpha value is -2.72. The zero-order chi connectivity index (χ0) is 22.5. The van der Waals surface area contributed by atoms with Gasteiger partial charge in [0.2, 0.25) is 0 Å². The molecule has 0 saturated carbocycles. The second-order valence-corrected chi connectivity index (χ2v) is 8.84. The van der Waals surface area contributed by atoms with Gasteiger partial charge in [0.25, 0.3) is 0 Å². The Bertz CT molecular complexity index is 1070. The molecule has 3 heteroatoms. The third-order valence-corrected chi connectivity index (χ3v) is 6.67. The summed E-state index contributed by atoms with van der Waals surface area (Å²) in [6.07, 6.45) is 5.70. The molecule has 1 aliphatic rings. The zero-order valence-corrected chi connectivity index (χ0v) is 19.0. The Morgan fingerprint density at radius 1 is 0.938 bits per heavy atom. The number of benzene rings is 3. The molecule has 0 amide bonds. The molecule has 0 aromatic heterocycles. The molecule has 0 aliphatic carbocycles. The lowest BCUT2D eigenvalue weighted by molar-refractivity contribution is -0.0197. The van der Waals surface area contributed by atoms with Crippen molar-refractivity contribution < 1.29 is 10.2 Å². The number of hydrogen-bond acceptors (Lipinski definition) is 3. The molecule has 2 unspecified atom stereocenters. The van der Waals surface area contributed by atoms with Gasteiger partial charge in [-0.3, -0.25) is 4.90 Å². The molecule has 1 aliphatic heterocycles. The first-order valence-corrected chi connectivity index (χ1v) is 11.5. The number of aliphatic hydroxyl groups is 2. The number of rotatable bonds is 6. The summed E-state index contributed by atoms with van der Waals surface area (Å²) in [5.74, 6) is 0. The highest BCUT2D eigenvalue weighted by molar-refractivity contribution is 5.78. The van der Waals surface area contributed by atoms with Crippen molar-refractivity contribution in [2.24, 2.45) is 0 Å². The van der Waals surface area contributed by atoms with Crippen LogP contribution in [0, 0.1) is 13.8 Å².